The molecule has 5 aromatic rings. The zero-order valence-corrected chi connectivity index (χ0v) is 23.9. The predicted octanol–water partition coefficient (Wildman–Crippen LogP) is 7.87. The van der Waals surface area contributed by atoms with Crippen molar-refractivity contribution < 1.29 is 13.2 Å². The molecule has 3 aromatic heterocycles. The number of hydrogen-bond donors (Lipinski definition) is 1. The molecule has 0 radical (unpaired) electrons. The van der Waals surface area contributed by atoms with Gasteiger partial charge in [-0.05, 0) is 48.6 Å². The molecule has 0 saturated heterocycles. The summed E-state index contributed by atoms with van der Waals surface area (Å²) >= 11 is 6.80. The lowest BCUT2D eigenvalue weighted by Crippen LogP contribution is -2.31. The predicted molar refractivity (Wildman–Crippen MR) is 156 cm³/mol. The number of hydrogen-bond acceptors (Lipinski definition) is 4. The van der Waals surface area contributed by atoms with E-state index in [1.807, 2.05) is 17.2 Å². The number of aromatic amines is 1. The van der Waals surface area contributed by atoms with Gasteiger partial charge in [0.2, 0.25) is 5.95 Å². The molecule has 2 aromatic carbocycles. The molecule has 0 saturated carbocycles. The van der Waals surface area contributed by atoms with E-state index in [1.165, 1.54) is 5.56 Å². The fourth-order valence-corrected chi connectivity index (χ4v) is 6.16. The highest BCUT2D eigenvalue weighted by molar-refractivity contribution is 6.36. The molecular weight excluding hydrogens is 549 g/mol. The number of nitrogens with one attached hydrogen (secondary N) is 1. The third-order valence-corrected chi connectivity index (χ3v) is 8.26. The quantitative estimate of drug-likeness (QED) is 0.223. The second-order valence-corrected chi connectivity index (χ2v) is 10.9. The van der Waals surface area contributed by atoms with Crippen molar-refractivity contribution in [3.8, 4) is 16.9 Å². The minimum absolute atomic E-state index is 0.266. The van der Waals surface area contributed by atoms with Crippen molar-refractivity contribution >= 4 is 28.5 Å². The van der Waals surface area contributed by atoms with Gasteiger partial charge in [-0.2, -0.15) is 18.3 Å². The molecule has 6 nitrogen and oxygen atoms in total. The Hall–Kier alpha value is -3.85. The Labute approximate surface area is 241 Å². The Balaban J connectivity index is 1.57. The highest BCUT2D eigenvalue weighted by Crippen LogP contribution is 2.41. The molecule has 0 bridgehead atoms. The third kappa shape index (κ3) is 4.76. The number of H-pyrrole nitrogens is 1. The monoisotopic (exact) mass is 578 g/mol. The average Bonchev–Trinajstić information content (AvgIpc) is 3.59. The first-order valence-electron chi connectivity index (χ1n) is 13.8. The van der Waals surface area contributed by atoms with Gasteiger partial charge >= 0.3 is 6.18 Å². The Bertz CT molecular complexity index is 1740. The van der Waals surface area contributed by atoms with Crippen LogP contribution in [0.1, 0.15) is 53.8 Å². The summed E-state index contributed by atoms with van der Waals surface area (Å²) in [4.78, 5) is 13.4. The van der Waals surface area contributed by atoms with Crippen molar-refractivity contribution in [1.82, 2.24) is 24.7 Å². The lowest BCUT2D eigenvalue weighted by atomic mass is 9.95. The van der Waals surface area contributed by atoms with Crippen molar-refractivity contribution in [2.45, 2.75) is 59.2 Å². The minimum Gasteiger partial charge on any atom is -0.360 e. The van der Waals surface area contributed by atoms with Crippen molar-refractivity contribution in [2.75, 3.05) is 11.4 Å². The van der Waals surface area contributed by atoms with Gasteiger partial charge in [-0.1, -0.05) is 50.1 Å². The molecule has 0 fully saturated rings. The molecule has 0 amide bonds. The number of benzene rings is 2. The van der Waals surface area contributed by atoms with E-state index in [1.54, 1.807) is 0 Å². The second-order valence-electron chi connectivity index (χ2n) is 10.5. The van der Waals surface area contributed by atoms with Crippen LogP contribution >= 0.6 is 11.6 Å². The lowest BCUT2D eigenvalue weighted by molar-refractivity contribution is -0.138. The molecule has 1 aliphatic rings. The number of aryl methyl sites for hydroxylation is 3. The van der Waals surface area contributed by atoms with E-state index in [4.69, 9.17) is 16.7 Å². The lowest BCUT2D eigenvalue weighted by Gasteiger charge is -2.27. The average molecular weight is 579 g/mol. The summed E-state index contributed by atoms with van der Waals surface area (Å²) < 4.78 is 41.6. The summed E-state index contributed by atoms with van der Waals surface area (Å²) in [5.41, 5.74) is 8.38. The fraction of sp³-hybridized carbons (Fsp3) is 0.323. The summed E-state index contributed by atoms with van der Waals surface area (Å²) in [6.45, 7) is 7.31. The first-order valence-corrected chi connectivity index (χ1v) is 14.2. The molecule has 41 heavy (non-hydrogen) atoms. The number of halogens is 4. The molecule has 10 heteroatoms. The molecule has 0 unspecified atom stereocenters. The number of nitrogens with zero attached hydrogens (tertiary/aromatic N) is 5. The van der Waals surface area contributed by atoms with Crippen LogP contribution in [-0.2, 0) is 32.0 Å². The first-order chi connectivity index (χ1) is 19.7. The molecule has 1 N–H and O–H groups in total. The summed E-state index contributed by atoms with van der Waals surface area (Å²) in [5.74, 6) is 0.266. The largest absolute Gasteiger partial charge is 0.419 e. The number of fused-ring (bicyclic) bond motifs is 2. The Morgan fingerprint density at radius 2 is 1.85 bits per heavy atom. The number of aromatic nitrogens is 5. The Morgan fingerprint density at radius 3 is 2.56 bits per heavy atom. The van der Waals surface area contributed by atoms with Gasteiger partial charge < -0.3 is 9.88 Å². The maximum absolute atomic E-state index is 13.2. The van der Waals surface area contributed by atoms with Crippen molar-refractivity contribution in [2.24, 2.45) is 0 Å². The molecule has 212 valence electrons. The van der Waals surface area contributed by atoms with Crippen LogP contribution in [0.5, 0.6) is 0 Å². The van der Waals surface area contributed by atoms with Gasteiger partial charge in [-0.25, -0.2) is 14.6 Å². The van der Waals surface area contributed by atoms with E-state index in [9.17, 15) is 13.2 Å². The van der Waals surface area contributed by atoms with Crippen molar-refractivity contribution in [3.05, 3.63) is 87.5 Å². The van der Waals surface area contributed by atoms with E-state index in [0.29, 0.717) is 24.5 Å². The minimum atomic E-state index is -4.49. The number of rotatable bonds is 6. The van der Waals surface area contributed by atoms with Gasteiger partial charge in [0.05, 0.1) is 33.2 Å². The fourth-order valence-electron chi connectivity index (χ4n) is 5.81. The summed E-state index contributed by atoms with van der Waals surface area (Å²) in [7, 11) is 0. The molecule has 0 spiro atoms. The van der Waals surface area contributed by atoms with E-state index in [0.717, 1.165) is 81.9 Å². The normalized spacial score (nSPS) is 13.7. The molecule has 4 heterocycles. The van der Waals surface area contributed by atoms with E-state index >= 15 is 0 Å². The maximum atomic E-state index is 13.2. The SMILES string of the molecule is CCCc1cccc(C)c1-n1nc2c(c1-c1cc(CC)c(Cl)c3[nH]ccc13)CN(c1ncc(C(F)(F)F)cn1)CC2. The molecule has 1 aliphatic heterocycles. The third-order valence-electron chi connectivity index (χ3n) is 7.83. The smallest absolute Gasteiger partial charge is 0.360 e. The molecular formula is C31H30ClF3N6. The standard InChI is InChI=1S/C31H30ClF3N6/c1-4-7-20-9-6-8-18(3)28(20)41-29(23-14-19(5-2)26(32)27-22(23)10-12-36-27)24-17-40(13-11-25(24)39-41)30-37-15-21(16-38-30)31(33,34)35/h6,8-10,12,14-16,36H,4-5,7,11,13,17H2,1-3H3. The Morgan fingerprint density at radius 1 is 1.07 bits per heavy atom. The van der Waals surface area contributed by atoms with Gasteiger partial charge in [0.15, 0.2) is 0 Å². The van der Waals surface area contributed by atoms with Crippen LogP contribution < -0.4 is 4.90 Å². The van der Waals surface area contributed by atoms with Crippen LogP contribution in [0, 0.1) is 6.92 Å². The van der Waals surface area contributed by atoms with Crippen LogP contribution in [0.3, 0.4) is 0 Å². The van der Waals surface area contributed by atoms with Crippen molar-refractivity contribution in [3.63, 3.8) is 0 Å². The van der Waals surface area contributed by atoms with Crippen LogP contribution in [0.15, 0.2) is 48.9 Å². The topological polar surface area (TPSA) is 62.6 Å². The van der Waals surface area contributed by atoms with Crippen LogP contribution in [0.4, 0.5) is 19.1 Å². The zero-order valence-electron chi connectivity index (χ0n) is 23.1. The van der Waals surface area contributed by atoms with E-state index in [2.05, 4.69) is 64.7 Å². The van der Waals surface area contributed by atoms with Gasteiger partial charge in [0, 0.05) is 54.6 Å². The number of anilines is 1. The number of alkyl halides is 3. The first kappa shape index (κ1) is 27.3. The molecule has 0 aliphatic carbocycles. The van der Waals surface area contributed by atoms with Crippen LogP contribution in [0.25, 0.3) is 27.8 Å². The zero-order chi connectivity index (χ0) is 28.9. The Kier molecular flexibility index (Phi) is 7.01. The van der Waals surface area contributed by atoms with Crippen LogP contribution in [0.2, 0.25) is 5.02 Å². The summed E-state index contributed by atoms with van der Waals surface area (Å²) in [6, 6.07) is 10.5. The maximum Gasteiger partial charge on any atom is 0.419 e. The van der Waals surface area contributed by atoms with E-state index < -0.39 is 11.7 Å². The van der Waals surface area contributed by atoms with Gasteiger partial charge in [-0.3, -0.25) is 0 Å². The van der Waals surface area contributed by atoms with Crippen molar-refractivity contribution in [1.29, 1.82) is 0 Å². The highest BCUT2D eigenvalue weighted by Gasteiger charge is 2.33. The highest BCUT2D eigenvalue weighted by atomic mass is 35.5. The van der Waals surface area contributed by atoms with Crippen LogP contribution in [-0.4, -0.2) is 31.3 Å². The number of para-hydroxylation sites is 1. The summed E-state index contributed by atoms with van der Waals surface area (Å²) in [5, 5.41) is 6.90. The molecule has 0 atom stereocenters. The van der Waals surface area contributed by atoms with Gasteiger partial charge in [0.25, 0.3) is 0 Å². The van der Waals surface area contributed by atoms with Gasteiger partial charge in [-0.15, -0.1) is 0 Å². The molecule has 6 rings (SSSR count). The van der Waals surface area contributed by atoms with E-state index in [-0.39, 0.29) is 5.95 Å². The second kappa shape index (κ2) is 10.5. The summed E-state index contributed by atoms with van der Waals surface area (Å²) in [6.07, 6.45) is 2.38. The van der Waals surface area contributed by atoms with Gasteiger partial charge in [0.1, 0.15) is 0 Å².